The van der Waals surface area contributed by atoms with E-state index in [1.165, 1.54) is 12.0 Å². The maximum atomic E-state index is 13.2. The SMILES string of the molecule is COc1ccc2cc1OCCn1nc(-c3ccccc3)nc1[C@@H](C)NC(=O)CN(C(=O)CCC(C)C)CCNC2=O. The summed E-state index contributed by atoms with van der Waals surface area (Å²) in [4.78, 5) is 45.3. The molecule has 2 N–H and O–H groups in total. The average molecular weight is 563 g/mol. The molecule has 41 heavy (non-hydrogen) atoms. The molecule has 2 aromatic carbocycles. The smallest absolute Gasteiger partial charge is 0.251 e. The van der Waals surface area contributed by atoms with Crippen molar-refractivity contribution in [2.75, 3.05) is 33.4 Å². The van der Waals surface area contributed by atoms with Crippen molar-refractivity contribution in [1.29, 1.82) is 0 Å². The largest absolute Gasteiger partial charge is 0.493 e. The second-order valence-electron chi connectivity index (χ2n) is 10.4. The van der Waals surface area contributed by atoms with Crippen LogP contribution in [0.1, 0.15) is 55.8 Å². The molecule has 4 rings (SSSR count). The fourth-order valence-corrected chi connectivity index (χ4v) is 4.52. The van der Waals surface area contributed by atoms with Crippen LogP contribution in [0.4, 0.5) is 0 Å². The topological polar surface area (TPSA) is 128 Å². The van der Waals surface area contributed by atoms with E-state index in [1.807, 2.05) is 51.1 Å². The van der Waals surface area contributed by atoms with E-state index in [-0.39, 0.29) is 44.0 Å². The molecule has 2 bridgehead atoms. The number of methoxy groups -OCH3 is 1. The minimum absolute atomic E-state index is 0.132. The van der Waals surface area contributed by atoms with Gasteiger partial charge in [0.15, 0.2) is 17.3 Å². The minimum atomic E-state index is -0.492. The summed E-state index contributed by atoms with van der Waals surface area (Å²) in [5.41, 5.74) is 1.23. The van der Waals surface area contributed by atoms with Gasteiger partial charge in [-0.2, -0.15) is 5.10 Å². The van der Waals surface area contributed by atoms with Gasteiger partial charge in [-0.05, 0) is 37.5 Å². The zero-order valence-electron chi connectivity index (χ0n) is 24.1. The Kier molecular flexibility index (Phi) is 9.94. The lowest BCUT2D eigenvalue weighted by molar-refractivity contribution is -0.136. The number of hydrogen-bond donors (Lipinski definition) is 2. The first-order valence-electron chi connectivity index (χ1n) is 13.9. The fraction of sp³-hybridized carbons (Fsp3) is 0.433. The van der Waals surface area contributed by atoms with Gasteiger partial charge in [0.05, 0.1) is 26.2 Å². The van der Waals surface area contributed by atoms with Gasteiger partial charge >= 0.3 is 0 Å². The van der Waals surface area contributed by atoms with Crippen molar-refractivity contribution in [1.82, 2.24) is 30.3 Å². The third kappa shape index (κ3) is 7.84. The molecule has 2 heterocycles. The van der Waals surface area contributed by atoms with E-state index in [4.69, 9.17) is 19.6 Å². The summed E-state index contributed by atoms with van der Waals surface area (Å²) in [7, 11) is 1.54. The highest BCUT2D eigenvalue weighted by molar-refractivity contribution is 5.95. The van der Waals surface area contributed by atoms with Gasteiger partial charge in [0.2, 0.25) is 11.8 Å². The first kappa shape index (κ1) is 29.6. The lowest BCUT2D eigenvalue weighted by Gasteiger charge is -2.24. The molecule has 0 radical (unpaired) electrons. The third-order valence-electron chi connectivity index (χ3n) is 6.77. The normalized spacial score (nSPS) is 16.7. The fourth-order valence-electron chi connectivity index (χ4n) is 4.52. The molecule has 3 aromatic rings. The second kappa shape index (κ2) is 13.8. The van der Waals surface area contributed by atoms with Crippen LogP contribution in [0.25, 0.3) is 11.4 Å². The molecule has 1 aliphatic rings. The second-order valence-corrected chi connectivity index (χ2v) is 10.4. The number of aromatic nitrogens is 3. The molecule has 1 aliphatic heterocycles. The Morgan fingerprint density at radius 1 is 1.12 bits per heavy atom. The van der Waals surface area contributed by atoms with E-state index in [0.29, 0.717) is 54.0 Å². The van der Waals surface area contributed by atoms with Crippen LogP contribution < -0.4 is 20.1 Å². The molecule has 218 valence electrons. The van der Waals surface area contributed by atoms with Crippen molar-refractivity contribution >= 4 is 17.7 Å². The first-order chi connectivity index (χ1) is 19.7. The van der Waals surface area contributed by atoms with Gasteiger partial charge in [-0.15, -0.1) is 0 Å². The van der Waals surface area contributed by atoms with Crippen LogP contribution in [0, 0.1) is 5.92 Å². The molecule has 11 heteroatoms. The minimum Gasteiger partial charge on any atom is -0.493 e. The van der Waals surface area contributed by atoms with Crippen LogP contribution in [-0.2, 0) is 16.1 Å². The van der Waals surface area contributed by atoms with Crippen molar-refractivity contribution in [3.63, 3.8) is 0 Å². The number of rotatable bonds is 5. The number of nitrogens with one attached hydrogen (secondary N) is 2. The van der Waals surface area contributed by atoms with Crippen molar-refractivity contribution in [2.24, 2.45) is 5.92 Å². The van der Waals surface area contributed by atoms with Crippen molar-refractivity contribution in [2.45, 2.75) is 46.2 Å². The quantitative estimate of drug-likeness (QED) is 0.489. The number of amides is 3. The van der Waals surface area contributed by atoms with Crippen molar-refractivity contribution < 1.29 is 23.9 Å². The number of ether oxygens (including phenoxy) is 2. The highest BCUT2D eigenvalue weighted by Crippen LogP contribution is 2.28. The first-order valence-corrected chi connectivity index (χ1v) is 13.9. The summed E-state index contributed by atoms with van der Waals surface area (Å²) in [5, 5.41) is 10.5. The maximum Gasteiger partial charge on any atom is 0.251 e. The highest BCUT2D eigenvalue weighted by Gasteiger charge is 2.23. The van der Waals surface area contributed by atoms with Crippen LogP contribution >= 0.6 is 0 Å². The monoisotopic (exact) mass is 562 g/mol. The molecule has 0 saturated carbocycles. The molecular formula is C30H38N6O5. The Morgan fingerprint density at radius 3 is 2.63 bits per heavy atom. The molecule has 0 saturated heterocycles. The Hall–Kier alpha value is -4.41. The van der Waals surface area contributed by atoms with E-state index in [1.54, 1.807) is 22.9 Å². The number of hydrogen-bond acceptors (Lipinski definition) is 7. The Balaban J connectivity index is 1.65. The summed E-state index contributed by atoms with van der Waals surface area (Å²) in [6, 6.07) is 14.0. The van der Waals surface area contributed by atoms with E-state index in [0.717, 1.165) is 5.56 Å². The number of fused-ring (bicyclic) bond motifs is 3. The van der Waals surface area contributed by atoms with Crippen LogP contribution in [-0.4, -0.2) is 70.7 Å². The molecular weight excluding hydrogens is 524 g/mol. The van der Waals surface area contributed by atoms with Crippen LogP contribution in [0.5, 0.6) is 11.5 Å². The predicted molar refractivity (Wildman–Crippen MR) is 153 cm³/mol. The number of carbonyl (C=O) groups is 3. The lowest BCUT2D eigenvalue weighted by Crippen LogP contribution is -2.45. The molecule has 0 spiro atoms. The molecule has 0 aliphatic carbocycles. The standard InChI is InChI=1S/C30H38N6O5/c1-20(2)10-13-27(38)35-15-14-31-30(39)23-11-12-24(40-4)25(18-23)41-17-16-36-29(21(3)32-26(37)19-35)33-28(34-36)22-8-6-5-7-9-22/h5-9,11-12,18,20-21H,10,13-17,19H2,1-4H3,(H,31,39)(H,32,37)/t21-/m1/s1. The maximum absolute atomic E-state index is 13.2. The van der Waals surface area contributed by atoms with E-state index in [2.05, 4.69) is 10.6 Å². The lowest BCUT2D eigenvalue weighted by atomic mass is 10.1. The highest BCUT2D eigenvalue weighted by atomic mass is 16.5. The number of benzene rings is 2. The van der Waals surface area contributed by atoms with Gasteiger partial charge < -0.3 is 25.0 Å². The summed E-state index contributed by atoms with van der Waals surface area (Å²) in [5.74, 6) is 1.56. The van der Waals surface area contributed by atoms with E-state index < -0.39 is 6.04 Å². The van der Waals surface area contributed by atoms with Crippen LogP contribution in [0.15, 0.2) is 48.5 Å². The van der Waals surface area contributed by atoms with Crippen molar-refractivity contribution in [3.05, 3.63) is 59.9 Å². The average Bonchev–Trinajstić information content (AvgIpc) is 3.39. The number of carbonyl (C=O) groups excluding carboxylic acids is 3. The summed E-state index contributed by atoms with van der Waals surface area (Å²) in [6.07, 6.45) is 1.03. The molecule has 3 amide bonds. The molecule has 1 atom stereocenters. The summed E-state index contributed by atoms with van der Waals surface area (Å²) < 4.78 is 13.2. The summed E-state index contributed by atoms with van der Waals surface area (Å²) in [6.45, 7) is 6.72. The van der Waals surface area contributed by atoms with Crippen LogP contribution in [0.3, 0.4) is 0 Å². The van der Waals surface area contributed by atoms with Gasteiger partial charge in [0.1, 0.15) is 12.4 Å². The van der Waals surface area contributed by atoms with Gasteiger partial charge in [-0.25, -0.2) is 9.67 Å². The van der Waals surface area contributed by atoms with Crippen LogP contribution in [0.2, 0.25) is 0 Å². The van der Waals surface area contributed by atoms with Gasteiger partial charge in [0, 0.05) is 30.6 Å². The Morgan fingerprint density at radius 2 is 1.90 bits per heavy atom. The van der Waals surface area contributed by atoms with Gasteiger partial charge in [-0.3, -0.25) is 14.4 Å². The molecule has 11 nitrogen and oxygen atoms in total. The number of nitrogens with zero attached hydrogens (tertiary/aromatic N) is 4. The van der Waals surface area contributed by atoms with Gasteiger partial charge in [0.25, 0.3) is 5.91 Å². The third-order valence-corrected chi connectivity index (χ3v) is 6.77. The molecule has 0 unspecified atom stereocenters. The summed E-state index contributed by atoms with van der Waals surface area (Å²) >= 11 is 0. The Bertz CT molecular complexity index is 1360. The molecule has 0 fully saturated rings. The van der Waals surface area contributed by atoms with Gasteiger partial charge in [-0.1, -0.05) is 44.2 Å². The predicted octanol–water partition coefficient (Wildman–Crippen LogP) is 3.22. The zero-order chi connectivity index (χ0) is 29.4. The van der Waals surface area contributed by atoms with Crippen molar-refractivity contribution in [3.8, 4) is 22.9 Å². The molecule has 1 aromatic heterocycles. The van der Waals surface area contributed by atoms with E-state index >= 15 is 0 Å². The Labute approximate surface area is 240 Å². The zero-order valence-corrected chi connectivity index (χ0v) is 24.1. The van der Waals surface area contributed by atoms with E-state index in [9.17, 15) is 14.4 Å².